The van der Waals surface area contributed by atoms with Gasteiger partial charge in [0, 0.05) is 18.4 Å². The molecule has 0 heterocycles. The molecule has 0 bridgehead atoms. The van der Waals surface area contributed by atoms with E-state index in [2.05, 4.69) is 5.32 Å². The van der Waals surface area contributed by atoms with Crippen LogP contribution in [-0.2, 0) is 18.9 Å². The average molecular weight is 558 g/mol. The molecule has 0 aromatic rings. The molecule has 2 aliphatic rings. The molecule has 0 aromatic carbocycles. The molecule has 0 saturated heterocycles. The number of aliphatic hydroxyl groups is 4. The van der Waals surface area contributed by atoms with E-state index in [-0.39, 0.29) is 18.9 Å². The van der Waals surface area contributed by atoms with Crippen LogP contribution in [0.3, 0.4) is 0 Å². The number of hydrogen-bond donors (Lipinski definition) is 5. The third kappa shape index (κ3) is 12.7. The molecule has 5 N–H and O–H groups in total. The van der Waals surface area contributed by atoms with Gasteiger partial charge in [0.05, 0.1) is 42.2 Å². The van der Waals surface area contributed by atoms with Crippen molar-refractivity contribution in [3.63, 3.8) is 0 Å². The molecule has 1 amide bonds. The molecule has 0 saturated carbocycles. The van der Waals surface area contributed by atoms with Crippen LogP contribution in [0.2, 0.25) is 0 Å². The Morgan fingerprint density at radius 2 is 1.67 bits per heavy atom. The molecule has 226 valence electrons. The fourth-order valence-corrected chi connectivity index (χ4v) is 4.90. The van der Waals surface area contributed by atoms with Crippen molar-refractivity contribution in [3.05, 3.63) is 23.8 Å². The molecule has 0 aromatic heterocycles. The van der Waals surface area contributed by atoms with Crippen molar-refractivity contribution in [2.45, 2.75) is 148 Å². The molecule has 2 aliphatic carbocycles. The van der Waals surface area contributed by atoms with Crippen LogP contribution >= 0.6 is 0 Å². The smallest absolute Gasteiger partial charge is 0.408 e. The lowest BCUT2D eigenvalue weighted by Gasteiger charge is -2.38. The summed E-state index contributed by atoms with van der Waals surface area (Å²) in [7, 11) is 0. The molecule has 2 rings (SSSR count). The summed E-state index contributed by atoms with van der Waals surface area (Å²) >= 11 is 0. The van der Waals surface area contributed by atoms with Crippen LogP contribution in [0.5, 0.6) is 0 Å². The summed E-state index contributed by atoms with van der Waals surface area (Å²) in [6.45, 7) is 13.0. The third-order valence-corrected chi connectivity index (χ3v) is 6.34. The van der Waals surface area contributed by atoms with E-state index in [1.54, 1.807) is 39.0 Å². The van der Waals surface area contributed by atoms with Gasteiger partial charge in [0.1, 0.15) is 6.10 Å². The van der Waals surface area contributed by atoms with Gasteiger partial charge in [-0.05, 0) is 92.2 Å². The fraction of sp³-hybridized carbons (Fsp3) is 0.828. The largest absolute Gasteiger partial charge is 0.442 e. The second kappa shape index (κ2) is 14.4. The monoisotopic (exact) mass is 557 g/mol. The molecule has 0 fully saturated rings. The van der Waals surface area contributed by atoms with E-state index in [1.807, 2.05) is 34.6 Å². The zero-order chi connectivity index (χ0) is 29.5. The highest BCUT2D eigenvalue weighted by atomic mass is 16.8. The van der Waals surface area contributed by atoms with Crippen LogP contribution in [0, 0.1) is 5.92 Å². The number of carbonyl (C=O) groups is 1. The minimum absolute atomic E-state index is 0.0684. The summed E-state index contributed by atoms with van der Waals surface area (Å²) in [4.78, 5) is 12.5. The molecule has 0 spiro atoms. The number of amides is 1. The minimum atomic E-state index is -1.60. The lowest BCUT2D eigenvalue weighted by molar-refractivity contribution is -0.312. The van der Waals surface area contributed by atoms with Gasteiger partial charge in [-0.3, -0.25) is 0 Å². The fourth-order valence-electron chi connectivity index (χ4n) is 4.90. The summed E-state index contributed by atoms with van der Waals surface area (Å²) in [5, 5.41) is 46.2. The van der Waals surface area contributed by atoms with Gasteiger partial charge < -0.3 is 44.7 Å². The van der Waals surface area contributed by atoms with Gasteiger partial charge in [0.15, 0.2) is 0 Å². The lowest BCUT2D eigenvalue weighted by Crippen LogP contribution is -2.44. The highest BCUT2D eigenvalue weighted by molar-refractivity contribution is 5.68. The predicted octanol–water partition coefficient (Wildman–Crippen LogP) is 3.31. The predicted molar refractivity (Wildman–Crippen MR) is 147 cm³/mol. The first-order chi connectivity index (χ1) is 17.9. The summed E-state index contributed by atoms with van der Waals surface area (Å²) in [5.41, 5.74) is -0.579. The Bertz CT molecular complexity index is 830. The van der Waals surface area contributed by atoms with E-state index in [0.717, 1.165) is 0 Å². The Labute approximate surface area is 233 Å². The Morgan fingerprint density at radius 1 is 1.00 bits per heavy atom. The van der Waals surface area contributed by atoms with Crippen LogP contribution in [0.25, 0.3) is 0 Å². The standard InChI is InChI=1S/C29H51NO9/c1-17(2)36-25-15-20(32)14-22(24(16-23(25)33)38-27(35)39-29(6,7)8)18-12-19(31)10-9-11-21(13-18)37-26(34)30-28(3,4)5/h9,11,14,17-21,23-25,27,31-33,35H,10,12-13,15-16H2,1-8H3,(H,30,34)/b11-9+,22-14+. The molecule has 0 aliphatic heterocycles. The maximum Gasteiger partial charge on any atom is 0.408 e. The first kappa shape index (κ1) is 33.7. The van der Waals surface area contributed by atoms with Crippen molar-refractivity contribution >= 4 is 6.09 Å². The highest BCUT2D eigenvalue weighted by Gasteiger charge is 2.37. The Kier molecular flexibility index (Phi) is 12.4. The lowest BCUT2D eigenvalue weighted by atomic mass is 9.79. The van der Waals surface area contributed by atoms with Crippen LogP contribution in [0.1, 0.15) is 87.5 Å². The van der Waals surface area contributed by atoms with Gasteiger partial charge in [-0.2, -0.15) is 0 Å². The minimum Gasteiger partial charge on any atom is -0.442 e. The van der Waals surface area contributed by atoms with Gasteiger partial charge in [-0.25, -0.2) is 4.79 Å². The summed E-state index contributed by atoms with van der Waals surface area (Å²) in [5.74, 6) is -0.395. The van der Waals surface area contributed by atoms with Crippen LogP contribution in [-0.4, -0.2) is 86.9 Å². The molecule has 39 heavy (non-hydrogen) atoms. The number of alkyl carbamates (subject to hydrolysis) is 1. The quantitative estimate of drug-likeness (QED) is 0.235. The van der Waals surface area contributed by atoms with Crippen molar-refractivity contribution in [3.8, 4) is 0 Å². The van der Waals surface area contributed by atoms with Crippen LogP contribution in [0.15, 0.2) is 23.8 Å². The second-order valence-corrected chi connectivity index (χ2v) is 13.0. The van der Waals surface area contributed by atoms with E-state index in [9.17, 15) is 25.2 Å². The molecule has 8 unspecified atom stereocenters. The SMILES string of the molecule is CC(C)OC1CC(O)/C=C(\C2CC(O)C/C=C/C(OC(=O)NC(C)(C)C)C2)C(OC(O)OC(C)(C)C)CC1O. The summed E-state index contributed by atoms with van der Waals surface area (Å²) < 4.78 is 23.1. The highest BCUT2D eigenvalue weighted by Crippen LogP contribution is 2.36. The molecule has 10 nitrogen and oxygen atoms in total. The number of nitrogens with one attached hydrogen (secondary N) is 1. The number of ether oxygens (including phenoxy) is 4. The number of rotatable bonds is 7. The van der Waals surface area contributed by atoms with Crippen molar-refractivity contribution < 1.29 is 44.2 Å². The van der Waals surface area contributed by atoms with Crippen molar-refractivity contribution in [2.24, 2.45) is 5.92 Å². The Morgan fingerprint density at radius 3 is 2.26 bits per heavy atom. The van der Waals surface area contributed by atoms with E-state index in [0.29, 0.717) is 24.8 Å². The van der Waals surface area contributed by atoms with E-state index in [1.165, 1.54) is 0 Å². The first-order valence-corrected chi connectivity index (χ1v) is 14.0. The van der Waals surface area contributed by atoms with Gasteiger partial charge in [-0.1, -0.05) is 12.2 Å². The average Bonchev–Trinajstić information content (AvgIpc) is 2.71. The van der Waals surface area contributed by atoms with Crippen molar-refractivity contribution in [1.82, 2.24) is 5.32 Å². The maximum atomic E-state index is 12.5. The molecule has 0 radical (unpaired) electrons. The third-order valence-electron chi connectivity index (χ3n) is 6.34. The van der Waals surface area contributed by atoms with Gasteiger partial charge in [0.25, 0.3) is 6.48 Å². The van der Waals surface area contributed by atoms with E-state index in [4.69, 9.17) is 18.9 Å². The molecular formula is C29H51NO9. The number of carbonyl (C=O) groups excluding carboxylic acids is 1. The zero-order valence-electron chi connectivity index (χ0n) is 24.8. The second-order valence-electron chi connectivity index (χ2n) is 13.0. The van der Waals surface area contributed by atoms with E-state index >= 15 is 0 Å². The first-order valence-electron chi connectivity index (χ1n) is 14.0. The molecule has 10 heteroatoms. The van der Waals surface area contributed by atoms with Crippen LogP contribution in [0.4, 0.5) is 4.79 Å². The van der Waals surface area contributed by atoms with Gasteiger partial charge in [-0.15, -0.1) is 0 Å². The van der Waals surface area contributed by atoms with Crippen molar-refractivity contribution in [1.29, 1.82) is 0 Å². The summed E-state index contributed by atoms with van der Waals surface area (Å²) in [6.07, 6.45) is 0.916. The number of hydrogen-bond acceptors (Lipinski definition) is 9. The van der Waals surface area contributed by atoms with E-state index < -0.39 is 66.3 Å². The Balaban J connectivity index is 2.41. The maximum absolute atomic E-state index is 12.5. The van der Waals surface area contributed by atoms with Crippen molar-refractivity contribution in [2.75, 3.05) is 0 Å². The van der Waals surface area contributed by atoms with Gasteiger partial charge in [0.2, 0.25) is 0 Å². The van der Waals surface area contributed by atoms with Gasteiger partial charge >= 0.3 is 6.09 Å². The zero-order valence-corrected chi connectivity index (χ0v) is 24.8. The molecular weight excluding hydrogens is 506 g/mol. The Hall–Kier alpha value is -1.53. The summed E-state index contributed by atoms with van der Waals surface area (Å²) in [6, 6.07) is 0. The molecule has 8 atom stereocenters. The van der Waals surface area contributed by atoms with Crippen LogP contribution < -0.4 is 5.32 Å². The normalized spacial score (nSPS) is 34.1. The number of aliphatic hydroxyl groups excluding tert-OH is 4. The topological polar surface area (TPSA) is 147 Å².